The summed E-state index contributed by atoms with van der Waals surface area (Å²) < 4.78 is 4.49. The molecule has 1 saturated heterocycles. The molecule has 0 bridgehead atoms. The van der Waals surface area contributed by atoms with E-state index in [-0.39, 0.29) is 11.2 Å². The first kappa shape index (κ1) is 23.4. The molecule has 3 heterocycles. The van der Waals surface area contributed by atoms with Crippen molar-refractivity contribution in [3.05, 3.63) is 91.1 Å². The summed E-state index contributed by atoms with van der Waals surface area (Å²) >= 11 is 6.47. The maximum absolute atomic E-state index is 13.2. The van der Waals surface area contributed by atoms with Crippen molar-refractivity contribution in [2.75, 3.05) is 31.1 Å². The summed E-state index contributed by atoms with van der Waals surface area (Å²) in [6.07, 6.45) is 0. The summed E-state index contributed by atoms with van der Waals surface area (Å²) in [6, 6.07) is 16.3. The number of anilines is 1. The van der Waals surface area contributed by atoms with Gasteiger partial charge in [-0.1, -0.05) is 59.6 Å². The van der Waals surface area contributed by atoms with Crippen LogP contribution in [0.3, 0.4) is 0 Å². The van der Waals surface area contributed by atoms with Crippen molar-refractivity contribution in [1.82, 2.24) is 23.6 Å². The Morgan fingerprint density at radius 2 is 1.57 bits per heavy atom. The van der Waals surface area contributed by atoms with Crippen LogP contribution in [0.4, 0.5) is 5.95 Å². The number of nitrogens with zero attached hydrogens (tertiary/aromatic N) is 6. The van der Waals surface area contributed by atoms with Gasteiger partial charge >= 0.3 is 5.69 Å². The van der Waals surface area contributed by atoms with E-state index in [0.29, 0.717) is 28.7 Å². The van der Waals surface area contributed by atoms with Gasteiger partial charge in [-0.05, 0) is 24.1 Å². The molecule has 0 amide bonds. The quantitative estimate of drug-likeness (QED) is 0.428. The number of piperazine rings is 1. The summed E-state index contributed by atoms with van der Waals surface area (Å²) in [4.78, 5) is 35.2. The van der Waals surface area contributed by atoms with Crippen molar-refractivity contribution < 1.29 is 0 Å². The Kier molecular flexibility index (Phi) is 6.25. The molecule has 0 saturated carbocycles. The number of benzene rings is 2. The Bertz CT molecular complexity index is 1490. The second kappa shape index (κ2) is 9.36. The fourth-order valence-corrected chi connectivity index (χ4v) is 4.88. The summed E-state index contributed by atoms with van der Waals surface area (Å²) in [7, 11) is 3.15. The lowest BCUT2D eigenvalue weighted by Gasteiger charge is -2.35. The van der Waals surface area contributed by atoms with E-state index in [1.807, 2.05) is 28.8 Å². The first-order valence-electron chi connectivity index (χ1n) is 11.8. The van der Waals surface area contributed by atoms with Gasteiger partial charge in [0.25, 0.3) is 5.56 Å². The van der Waals surface area contributed by atoms with Crippen LogP contribution in [0.2, 0.25) is 5.02 Å². The summed E-state index contributed by atoms with van der Waals surface area (Å²) in [5.41, 5.74) is 3.51. The molecule has 2 aromatic heterocycles. The van der Waals surface area contributed by atoms with Crippen molar-refractivity contribution >= 4 is 28.7 Å². The third kappa shape index (κ3) is 4.39. The SMILES string of the molecule is Cc1ccc(CN2CCN(c3nc4c(c(=O)n(C)c(=O)n4C)n3Cc3ccccc3Cl)CC2)cc1. The molecule has 1 fully saturated rings. The molecular formula is C26H29ClN6O2. The Morgan fingerprint density at radius 3 is 2.26 bits per heavy atom. The number of hydrogen-bond donors (Lipinski definition) is 0. The maximum Gasteiger partial charge on any atom is 0.332 e. The molecule has 0 spiro atoms. The predicted molar refractivity (Wildman–Crippen MR) is 139 cm³/mol. The molecule has 1 aliphatic rings. The zero-order valence-electron chi connectivity index (χ0n) is 20.2. The van der Waals surface area contributed by atoms with Crippen LogP contribution < -0.4 is 16.1 Å². The average molecular weight is 493 g/mol. The van der Waals surface area contributed by atoms with Gasteiger partial charge in [-0.15, -0.1) is 0 Å². The smallest absolute Gasteiger partial charge is 0.332 e. The molecule has 35 heavy (non-hydrogen) atoms. The topological polar surface area (TPSA) is 68.3 Å². The van der Waals surface area contributed by atoms with Crippen molar-refractivity contribution in [3.8, 4) is 0 Å². The first-order valence-corrected chi connectivity index (χ1v) is 12.1. The molecule has 1 aliphatic heterocycles. The van der Waals surface area contributed by atoms with Crippen LogP contribution in [0.15, 0.2) is 58.1 Å². The van der Waals surface area contributed by atoms with Gasteiger partial charge < -0.3 is 4.90 Å². The third-order valence-electron chi connectivity index (χ3n) is 6.80. The van der Waals surface area contributed by atoms with Gasteiger partial charge in [0.1, 0.15) is 0 Å². The molecule has 2 aromatic carbocycles. The second-order valence-corrected chi connectivity index (χ2v) is 9.62. The zero-order chi connectivity index (χ0) is 24.7. The fraction of sp³-hybridized carbons (Fsp3) is 0.346. The highest BCUT2D eigenvalue weighted by Crippen LogP contribution is 2.25. The van der Waals surface area contributed by atoms with Crippen LogP contribution in [0.1, 0.15) is 16.7 Å². The maximum atomic E-state index is 13.2. The van der Waals surface area contributed by atoms with E-state index < -0.39 is 0 Å². The van der Waals surface area contributed by atoms with Crippen LogP contribution >= 0.6 is 11.6 Å². The lowest BCUT2D eigenvalue weighted by atomic mass is 10.1. The number of hydrogen-bond acceptors (Lipinski definition) is 5. The predicted octanol–water partition coefficient (Wildman–Crippen LogP) is 2.77. The second-order valence-electron chi connectivity index (χ2n) is 9.22. The van der Waals surface area contributed by atoms with Crippen LogP contribution in [-0.4, -0.2) is 49.8 Å². The Morgan fingerprint density at radius 1 is 0.886 bits per heavy atom. The standard InChI is InChI=1S/C26H29ClN6O2/c1-18-8-10-19(11-9-18)16-31-12-14-32(15-13-31)25-28-23-22(24(34)30(3)26(35)29(23)2)33(25)17-20-6-4-5-7-21(20)27/h4-11H,12-17H2,1-3H3. The number of halogens is 1. The molecule has 0 N–H and O–H groups in total. The number of fused-ring (bicyclic) bond motifs is 1. The van der Waals surface area contributed by atoms with E-state index in [2.05, 4.69) is 41.0 Å². The monoisotopic (exact) mass is 492 g/mol. The van der Waals surface area contributed by atoms with Crippen LogP contribution in [-0.2, 0) is 27.2 Å². The summed E-state index contributed by atoms with van der Waals surface area (Å²) in [5, 5.41) is 0.630. The summed E-state index contributed by atoms with van der Waals surface area (Å²) in [6.45, 7) is 6.68. The van der Waals surface area contributed by atoms with Gasteiger partial charge in [-0.3, -0.25) is 23.4 Å². The molecule has 182 valence electrons. The lowest BCUT2D eigenvalue weighted by Crippen LogP contribution is -2.47. The highest BCUT2D eigenvalue weighted by molar-refractivity contribution is 6.31. The molecule has 8 nitrogen and oxygen atoms in total. The largest absolute Gasteiger partial charge is 0.340 e. The van der Waals surface area contributed by atoms with Crippen LogP contribution in [0.5, 0.6) is 0 Å². The van der Waals surface area contributed by atoms with Gasteiger partial charge in [-0.25, -0.2) is 4.79 Å². The van der Waals surface area contributed by atoms with Gasteiger partial charge in [0, 0.05) is 51.8 Å². The first-order chi connectivity index (χ1) is 16.8. The molecule has 4 aromatic rings. The fourth-order valence-electron chi connectivity index (χ4n) is 4.68. The molecular weight excluding hydrogens is 464 g/mol. The van der Waals surface area contributed by atoms with E-state index in [4.69, 9.17) is 16.6 Å². The van der Waals surface area contributed by atoms with Crippen molar-refractivity contribution in [3.63, 3.8) is 0 Å². The van der Waals surface area contributed by atoms with Crippen LogP contribution in [0.25, 0.3) is 11.2 Å². The molecule has 0 radical (unpaired) electrons. The Labute approximate surface area is 208 Å². The van der Waals surface area contributed by atoms with E-state index >= 15 is 0 Å². The van der Waals surface area contributed by atoms with E-state index in [1.165, 1.54) is 22.7 Å². The molecule has 0 unspecified atom stereocenters. The Balaban J connectivity index is 1.50. The van der Waals surface area contributed by atoms with E-state index in [9.17, 15) is 9.59 Å². The normalized spacial score (nSPS) is 14.7. The minimum absolute atomic E-state index is 0.355. The van der Waals surface area contributed by atoms with Crippen molar-refractivity contribution in [1.29, 1.82) is 0 Å². The minimum Gasteiger partial charge on any atom is -0.340 e. The number of aryl methyl sites for hydroxylation is 2. The highest BCUT2D eigenvalue weighted by atomic mass is 35.5. The number of imidazole rings is 1. The lowest BCUT2D eigenvalue weighted by molar-refractivity contribution is 0.248. The van der Waals surface area contributed by atoms with Crippen molar-refractivity contribution in [2.45, 2.75) is 20.0 Å². The van der Waals surface area contributed by atoms with Crippen LogP contribution in [0, 0.1) is 6.92 Å². The third-order valence-corrected chi connectivity index (χ3v) is 7.16. The van der Waals surface area contributed by atoms with E-state index in [0.717, 1.165) is 42.9 Å². The molecule has 0 atom stereocenters. The Hall–Kier alpha value is -3.36. The van der Waals surface area contributed by atoms with Gasteiger partial charge in [0.15, 0.2) is 11.2 Å². The summed E-state index contributed by atoms with van der Waals surface area (Å²) in [5.74, 6) is 0.688. The zero-order valence-corrected chi connectivity index (χ0v) is 21.0. The molecule has 9 heteroatoms. The molecule has 0 aliphatic carbocycles. The number of rotatable bonds is 5. The van der Waals surface area contributed by atoms with Crippen molar-refractivity contribution in [2.24, 2.45) is 14.1 Å². The van der Waals surface area contributed by atoms with Gasteiger partial charge in [0.05, 0.1) is 6.54 Å². The van der Waals surface area contributed by atoms with E-state index in [1.54, 1.807) is 7.05 Å². The molecule has 5 rings (SSSR count). The van der Waals surface area contributed by atoms with Gasteiger partial charge in [0.2, 0.25) is 5.95 Å². The minimum atomic E-state index is -0.389. The number of aromatic nitrogens is 4. The average Bonchev–Trinajstić information content (AvgIpc) is 3.24. The highest BCUT2D eigenvalue weighted by Gasteiger charge is 2.26. The van der Waals surface area contributed by atoms with Gasteiger partial charge in [-0.2, -0.15) is 4.98 Å².